The second-order valence-electron chi connectivity index (χ2n) is 4.83. The normalized spacial score (nSPS) is 12.4. The van der Waals surface area contributed by atoms with E-state index < -0.39 is 0 Å². The Kier molecular flexibility index (Phi) is 4.16. The van der Waals surface area contributed by atoms with Crippen molar-refractivity contribution in [3.05, 3.63) is 70.8 Å². The van der Waals surface area contributed by atoms with Crippen LogP contribution in [0.15, 0.2) is 48.5 Å². The van der Waals surface area contributed by atoms with E-state index in [1.54, 1.807) is 0 Å². The molecule has 18 heavy (non-hydrogen) atoms. The highest BCUT2D eigenvalue weighted by molar-refractivity contribution is 5.37. The summed E-state index contributed by atoms with van der Waals surface area (Å²) in [4.78, 5) is 0. The molecule has 0 saturated carbocycles. The van der Waals surface area contributed by atoms with Gasteiger partial charge in [-0.1, -0.05) is 61.9 Å². The molecule has 1 atom stereocenters. The first-order valence-electron chi connectivity index (χ1n) is 6.62. The van der Waals surface area contributed by atoms with Crippen LogP contribution in [0.2, 0.25) is 0 Å². The molecule has 0 fully saturated rings. The maximum Gasteiger partial charge on any atom is 0.0554 e. The van der Waals surface area contributed by atoms with Crippen LogP contribution in [0.5, 0.6) is 0 Å². The fourth-order valence-electron chi connectivity index (χ4n) is 2.35. The highest BCUT2D eigenvalue weighted by Crippen LogP contribution is 2.23. The third-order valence-electron chi connectivity index (χ3n) is 3.37. The zero-order valence-corrected chi connectivity index (χ0v) is 11.2. The SMILES string of the molecule is CCCc1cccc(C(N)c2ccccc2C)c1. The molecule has 1 heteroatoms. The number of nitrogens with two attached hydrogens (primary N) is 1. The lowest BCUT2D eigenvalue weighted by atomic mass is 9.94. The van der Waals surface area contributed by atoms with Gasteiger partial charge in [-0.3, -0.25) is 0 Å². The van der Waals surface area contributed by atoms with E-state index in [9.17, 15) is 0 Å². The average Bonchev–Trinajstić information content (AvgIpc) is 2.39. The first kappa shape index (κ1) is 12.8. The Balaban J connectivity index is 2.31. The van der Waals surface area contributed by atoms with Crippen LogP contribution in [0.4, 0.5) is 0 Å². The zero-order valence-electron chi connectivity index (χ0n) is 11.2. The summed E-state index contributed by atoms with van der Waals surface area (Å²) in [5.41, 5.74) is 11.4. The molecule has 2 N–H and O–H groups in total. The number of rotatable bonds is 4. The van der Waals surface area contributed by atoms with Gasteiger partial charge in [-0.15, -0.1) is 0 Å². The van der Waals surface area contributed by atoms with Crippen molar-refractivity contribution in [3.63, 3.8) is 0 Å². The fourth-order valence-corrected chi connectivity index (χ4v) is 2.35. The summed E-state index contributed by atoms with van der Waals surface area (Å²) in [7, 11) is 0. The summed E-state index contributed by atoms with van der Waals surface area (Å²) < 4.78 is 0. The lowest BCUT2D eigenvalue weighted by Crippen LogP contribution is -2.13. The molecule has 0 aromatic heterocycles. The van der Waals surface area contributed by atoms with Gasteiger partial charge in [-0.05, 0) is 35.6 Å². The standard InChI is InChI=1S/C17H21N/c1-3-7-14-9-6-10-15(12-14)17(18)16-11-5-4-8-13(16)2/h4-6,8-12,17H,3,7,18H2,1-2H3. The van der Waals surface area contributed by atoms with Crippen LogP contribution in [0, 0.1) is 6.92 Å². The maximum absolute atomic E-state index is 6.38. The minimum Gasteiger partial charge on any atom is -0.320 e. The highest BCUT2D eigenvalue weighted by atomic mass is 14.6. The lowest BCUT2D eigenvalue weighted by molar-refractivity contribution is 0.851. The van der Waals surface area contributed by atoms with E-state index in [1.807, 2.05) is 0 Å². The summed E-state index contributed by atoms with van der Waals surface area (Å²) >= 11 is 0. The molecule has 2 rings (SSSR count). The summed E-state index contributed by atoms with van der Waals surface area (Å²) in [6.45, 7) is 4.32. The third kappa shape index (κ3) is 2.80. The van der Waals surface area contributed by atoms with Gasteiger partial charge in [0.2, 0.25) is 0 Å². The van der Waals surface area contributed by atoms with Crippen LogP contribution in [-0.2, 0) is 6.42 Å². The van der Waals surface area contributed by atoms with Gasteiger partial charge in [0, 0.05) is 0 Å². The molecule has 0 spiro atoms. The van der Waals surface area contributed by atoms with E-state index in [2.05, 4.69) is 62.4 Å². The number of hydrogen-bond acceptors (Lipinski definition) is 1. The van der Waals surface area contributed by atoms with Gasteiger partial charge in [0.15, 0.2) is 0 Å². The van der Waals surface area contributed by atoms with Gasteiger partial charge in [0.05, 0.1) is 6.04 Å². The molecule has 0 saturated heterocycles. The predicted molar refractivity (Wildman–Crippen MR) is 77.6 cm³/mol. The van der Waals surface area contributed by atoms with Crippen LogP contribution < -0.4 is 5.73 Å². The third-order valence-corrected chi connectivity index (χ3v) is 3.37. The molecule has 2 aromatic rings. The molecule has 0 radical (unpaired) electrons. The van der Waals surface area contributed by atoms with Gasteiger partial charge < -0.3 is 5.73 Å². The smallest absolute Gasteiger partial charge is 0.0554 e. The molecule has 0 heterocycles. The number of hydrogen-bond donors (Lipinski definition) is 1. The van der Waals surface area contributed by atoms with Gasteiger partial charge in [0.25, 0.3) is 0 Å². The minimum atomic E-state index is -0.0250. The first-order chi connectivity index (χ1) is 8.72. The van der Waals surface area contributed by atoms with E-state index >= 15 is 0 Å². The second kappa shape index (κ2) is 5.83. The minimum absolute atomic E-state index is 0.0250. The van der Waals surface area contributed by atoms with E-state index in [-0.39, 0.29) is 6.04 Å². The summed E-state index contributed by atoms with van der Waals surface area (Å²) in [5.74, 6) is 0. The van der Waals surface area contributed by atoms with Crippen molar-refractivity contribution < 1.29 is 0 Å². The van der Waals surface area contributed by atoms with E-state index in [0.29, 0.717) is 0 Å². The van der Waals surface area contributed by atoms with Crippen LogP contribution in [0.3, 0.4) is 0 Å². The quantitative estimate of drug-likeness (QED) is 0.857. The number of benzene rings is 2. The predicted octanol–water partition coefficient (Wildman–Crippen LogP) is 4.00. The van der Waals surface area contributed by atoms with E-state index in [1.165, 1.54) is 28.7 Å². The van der Waals surface area contributed by atoms with Crippen molar-refractivity contribution in [1.29, 1.82) is 0 Å². The van der Waals surface area contributed by atoms with Gasteiger partial charge in [-0.25, -0.2) is 0 Å². The van der Waals surface area contributed by atoms with Gasteiger partial charge in [0.1, 0.15) is 0 Å². The summed E-state index contributed by atoms with van der Waals surface area (Å²) in [5, 5.41) is 0. The lowest BCUT2D eigenvalue weighted by Gasteiger charge is -2.16. The molecule has 1 nitrogen and oxygen atoms in total. The molecule has 0 aliphatic carbocycles. The first-order valence-corrected chi connectivity index (χ1v) is 6.62. The molecule has 1 unspecified atom stereocenters. The van der Waals surface area contributed by atoms with Crippen molar-refractivity contribution >= 4 is 0 Å². The topological polar surface area (TPSA) is 26.0 Å². The number of aryl methyl sites for hydroxylation is 2. The molecule has 94 valence electrons. The Morgan fingerprint density at radius 1 is 1.06 bits per heavy atom. The monoisotopic (exact) mass is 239 g/mol. The molecule has 0 aliphatic rings. The molecule has 0 aliphatic heterocycles. The van der Waals surface area contributed by atoms with Gasteiger partial charge >= 0.3 is 0 Å². The summed E-state index contributed by atoms with van der Waals surface area (Å²) in [6, 6.07) is 17.0. The van der Waals surface area contributed by atoms with Crippen molar-refractivity contribution in [3.8, 4) is 0 Å². The Morgan fingerprint density at radius 2 is 1.83 bits per heavy atom. The second-order valence-corrected chi connectivity index (χ2v) is 4.83. The van der Waals surface area contributed by atoms with Crippen LogP contribution in [-0.4, -0.2) is 0 Å². The van der Waals surface area contributed by atoms with Crippen LogP contribution in [0.25, 0.3) is 0 Å². The Bertz CT molecular complexity index is 517. The van der Waals surface area contributed by atoms with E-state index in [4.69, 9.17) is 5.73 Å². The Hall–Kier alpha value is -1.60. The Morgan fingerprint density at radius 3 is 2.56 bits per heavy atom. The Labute approximate surface area is 110 Å². The zero-order chi connectivity index (χ0) is 13.0. The van der Waals surface area contributed by atoms with Crippen molar-refractivity contribution in [2.24, 2.45) is 5.73 Å². The van der Waals surface area contributed by atoms with Crippen molar-refractivity contribution in [1.82, 2.24) is 0 Å². The van der Waals surface area contributed by atoms with Crippen molar-refractivity contribution in [2.75, 3.05) is 0 Å². The van der Waals surface area contributed by atoms with E-state index in [0.717, 1.165) is 6.42 Å². The van der Waals surface area contributed by atoms with Crippen LogP contribution >= 0.6 is 0 Å². The molecule has 0 amide bonds. The molecule has 0 bridgehead atoms. The fraction of sp³-hybridized carbons (Fsp3) is 0.294. The summed E-state index contributed by atoms with van der Waals surface area (Å²) in [6.07, 6.45) is 2.29. The van der Waals surface area contributed by atoms with Crippen molar-refractivity contribution in [2.45, 2.75) is 32.7 Å². The largest absolute Gasteiger partial charge is 0.320 e. The highest BCUT2D eigenvalue weighted by Gasteiger charge is 2.10. The van der Waals surface area contributed by atoms with Crippen LogP contribution in [0.1, 0.15) is 41.6 Å². The van der Waals surface area contributed by atoms with Gasteiger partial charge in [-0.2, -0.15) is 0 Å². The average molecular weight is 239 g/mol. The molecule has 2 aromatic carbocycles. The molecular formula is C17H21N. The maximum atomic E-state index is 6.38. The molecular weight excluding hydrogens is 218 g/mol.